The standard InChI is InChI=1S/C26H24N2O5/c1-3-15-33-19-12-10-18(11-13-19)28-25(30)22(24(29)27-26(28)31)16-21-20-8-6-5-7-17(20)9-14-23(21)32-4-2/h5-14,16H,3-4,15H2,1-2H3,(H,27,29,31)/b22-16-. The monoisotopic (exact) mass is 444 g/mol. The molecular weight excluding hydrogens is 420 g/mol. The third-order valence-corrected chi connectivity index (χ3v) is 5.19. The molecule has 168 valence electrons. The zero-order valence-electron chi connectivity index (χ0n) is 18.5. The molecule has 0 bridgehead atoms. The van der Waals surface area contributed by atoms with Crippen LogP contribution in [-0.2, 0) is 9.59 Å². The maximum absolute atomic E-state index is 13.3. The van der Waals surface area contributed by atoms with Crippen LogP contribution >= 0.6 is 0 Å². The van der Waals surface area contributed by atoms with Crippen LogP contribution in [0, 0.1) is 0 Å². The number of barbiturate groups is 1. The minimum atomic E-state index is -0.799. The van der Waals surface area contributed by atoms with Crippen LogP contribution in [0.2, 0.25) is 0 Å². The van der Waals surface area contributed by atoms with E-state index in [9.17, 15) is 14.4 Å². The Kier molecular flexibility index (Phi) is 6.40. The highest BCUT2D eigenvalue weighted by atomic mass is 16.5. The van der Waals surface area contributed by atoms with Crippen LogP contribution in [0.5, 0.6) is 11.5 Å². The molecule has 0 atom stereocenters. The predicted molar refractivity (Wildman–Crippen MR) is 126 cm³/mol. The lowest BCUT2D eigenvalue weighted by atomic mass is 9.99. The van der Waals surface area contributed by atoms with E-state index in [1.54, 1.807) is 30.3 Å². The van der Waals surface area contributed by atoms with Crippen LogP contribution < -0.4 is 19.7 Å². The molecule has 33 heavy (non-hydrogen) atoms. The van der Waals surface area contributed by atoms with E-state index in [0.29, 0.717) is 36.0 Å². The van der Waals surface area contributed by atoms with Gasteiger partial charge >= 0.3 is 6.03 Å². The minimum absolute atomic E-state index is 0.154. The number of nitrogens with zero attached hydrogens (tertiary/aromatic N) is 1. The van der Waals surface area contributed by atoms with Gasteiger partial charge in [0.15, 0.2) is 0 Å². The number of benzene rings is 3. The predicted octanol–water partition coefficient (Wildman–Crippen LogP) is 4.69. The molecule has 4 amide bonds. The number of carbonyl (C=O) groups excluding carboxylic acids is 3. The Labute approximate surface area is 191 Å². The van der Waals surface area contributed by atoms with E-state index in [0.717, 1.165) is 22.1 Å². The zero-order chi connectivity index (χ0) is 23.4. The van der Waals surface area contributed by atoms with Gasteiger partial charge in [-0.1, -0.05) is 37.3 Å². The Bertz CT molecular complexity index is 1250. The molecule has 1 aliphatic heterocycles. The van der Waals surface area contributed by atoms with Gasteiger partial charge in [-0.15, -0.1) is 0 Å². The molecule has 7 nitrogen and oxygen atoms in total. The van der Waals surface area contributed by atoms with Crippen LogP contribution in [0.4, 0.5) is 10.5 Å². The van der Waals surface area contributed by atoms with Gasteiger partial charge in [-0.25, -0.2) is 9.69 Å². The summed E-state index contributed by atoms with van der Waals surface area (Å²) in [5, 5.41) is 4.03. The molecule has 0 aliphatic carbocycles. The summed E-state index contributed by atoms with van der Waals surface area (Å²) in [7, 11) is 0. The Hall–Kier alpha value is -4.13. The molecule has 0 saturated carbocycles. The van der Waals surface area contributed by atoms with Gasteiger partial charge in [-0.2, -0.15) is 0 Å². The molecule has 4 rings (SSSR count). The zero-order valence-corrected chi connectivity index (χ0v) is 18.5. The smallest absolute Gasteiger partial charge is 0.335 e. The molecule has 3 aromatic carbocycles. The highest BCUT2D eigenvalue weighted by molar-refractivity contribution is 6.39. The summed E-state index contributed by atoms with van der Waals surface area (Å²) in [5.41, 5.74) is 0.784. The Balaban J connectivity index is 1.76. The number of imide groups is 2. The van der Waals surface area contributed by atoms with Crippen molar-refractivity contribution >= 4 is 40.4 Å². The molecule has 0 radical (unpaired) electrons. The van der Waals surface area contributed by atoms with E-state index >= 15 is 0 Å². The average Bonchev–Trinajstić information content (AvgIpc) is 2.82. The van der Waals surface area contributed by atoms with Crippen molar-refractivity contribution in [3.05, 3.63) is 71.8 Å². The summed E-state index contributed by atoms with van der Waals surface area (Å²) in [6, 6.07) is 17.1. The molecule has 1 aliphatic rings. The molecular formula is C26H24N2O5. The fraction of sp³-hybridized carbons (Fsp3) is 0.192. The van der Waals surface area contributed by atoms with Gasteiger partial charge in [-0.3, -0.25) is 14.9 Å². The van der Waals surface area contributed by atoms with Gasteiger partial charge in [0.05, 0.1) is 18.9 Å². The van der Waals surface area contributed by atoms with Crippen molar-refractivity contribution in [3.8, 4) is 11.5 Å². The summed E-state index contributed by atoms with van der Waals surface area (Å²) >= 11 is 0. The van der Waals surface area contributed by atoms with E-state index in [-0.39, 0.29) is 5.57 Å². The van der Waals surface area contributed by atoms with Crippen molar-refractivity contribution in [2.45, 2.75) is 20.3 Å². The van der Waals surface area contributed by atoms with E-state index in [1.807, 2.05) is 44.2 Å². The van der Waals surface area contributed by atoms with Crippen LogP contribution in [0.15, 0.2) is 66.2 Å². The lowest BCUT2D eigenvalue weighted by Crippen LogP contribution is -2.54. The summed E-state index contributed by atoms with van der Waals surface area (Å²) < 4.78 is 11.3. The third kappa shape index (κ3) is 4.43. The molecule has 7 heteroatoms. The van der Waals surface area contributed by atoms with Crippen LogP contribution in [0.1, 0.15) is 25.8 Å². The fourth-order valence-corrected chi connectivity index (χ4v) is 3.65. The Morgan fingerprint density at radius 1 is 0.909 bits per heavy atom. The molecule has 0 spiro atoms. The Morgan fingerprint density at radius 2 is 1.67 bits per heavy atom. The van der Waals surface area contributed by atoms with E-state index in [4.69, 9.17) is 9.47 Å². The number of hydrogen-bond donors (Lipinski definition) is 1. The number of anilines is 1. The molecule has 3 aromatic rings. The quantitative estimate of drug-likeness (QED) is 0.422. The van der Waals surface area contributed by atoms with Gasteiger partial charge < -0.3 is 9.47 Å². The third-order valence-electron chi connectivity index (χ3n) is 5.19. The number of rotatable bonds is 7. The van der Waals surface area contributed by atoms with Gasteiger partial charge in [0, 0.05) is 5.56 Å². The van der Waals surface area contributed by atoms with E-state index in [1.165, 1.54) is 6.08 Å². The molecule has 0 unspecified atom stereocenters. The van der Waals surface area contributed by atoms with Crippen molar-refractivity contribution in [1.82, 2.24) is 5.32 Å². The van der Waals surface area contributed by atoms with Gasteiger partial charge in [0.2, 0.25) is 0 Å². The summed E-state index contributed by atoms with van der Waals surface area (Å²) in [6.45, 7) is 4.85. The SMILES string of the molecule is CCCOc1ccc(N2C(=O)NC(=O)/C(=C/c3c(OCC)ccc4ccccc34)C2=O)cc1. The van der Waals surface area contributed by atoms with Crippen molar-refractivity contribution in [2.24, 2.45) is 0 Å². The first-order valence-corrected chi connectivity index (χ1v) is 10.8. The highest BCUT2D eigenvalue weighted by Gasteiger charge is 2.37. The molecule has 1 N–H and O–H groups in total. The second-order valence-electron chi connectivity index (χ2n) is 7.43. The molecule has 0 aromatic heterocycles. The number of ether oxygens (including phenoxy) is 2. The van der Waals surface area contributed by atoms with Crippen molar-refractivity contribution < 1.29 is 23.9 Å². The fourth-order valence-electron chi connectivity index (χ4n) is 3.65. The summed E-state index contributed by atoms with van der Waals surface area (Å²) in [6.07, 6.45) is 2.35. The minimum Gasteiger partial charge on any atom is -0.494 e. The normalized spacial score (nSPS) is 15.2. The first-order chi connectivity index (χ1) is 16.0. The van der Waals surface area contributed by atoms with Crippen molar-refractivity contribution in [2.75, 3.05) is 18.1 Å². The average molecular weight is 444 g/mol. The van der Waals surface area contributed by atoms with Crippen LogP contribution in [0.25, 0.3) is 16.8 Å². The van der Waals surface area contributed by atoms with Crippen molar-refractivity contribution in [1.29, 1.82) is 0 Å². The van der Waals surface area contributed by atoms with Gasteiger partial charge in [0.25, 0.3) is 11.8 Å². The maximum atomic E-state index is 13.3. The number of amides is 4. The van der Waals surface area contributed by atoms with E-state index in [2.05, 4.69) is 5.32 Å². The van der Waals surface area contributed by atoms with Crippen LogP contribution in [-0.4, -0.2) is 31.1 Å². The number of hydrogen-bond acceptors (Lipinski definition) is 5. The highest BCUT2D eigenvalue weighted by Crippen LogP contribution is 2.32. The topological polar surface area (TPSA) is 84.9 Å². The lowest BCUT2D eigenvalue weighted by molar-refractivity contribution is -0.122. The van der Waals surface area contributed by atoms with Crippen LogP contribution in [0.3, 0.4) is 0 Å². The second-order valence-corrected chi connectivity index (χ2v) is 7.43. The van der Waals surface area contributed by atoms with Crippen molar-refractivity contribution in [3.63, 3.8) is 0 Å². The number of nitrogens with one attached hydrogen (secondary N) is 1. The number of fused-ring (bicyclic) bond motifs is 1. The summed E-state index contributed by atoms with van der Waals surface area (Å²) in [4.78, 5) is 39.5. The van der Waals surface area contributed by atoms with Gasteiger partial charge in [-0.05, 0) is 60.5 Å². The maximum Gasteiger partial charge on any atom is 0.335 e. The molecule has 1 saturated heterocycles. The number of urea groups is 1. The number of carbonyl (C=O) groups is 3. The second kappa shape index (κ2) is 9.56. The largest absolute Gasteiger partial charge is 0.494 e. The summed E-state index contributed by atoms with van der Waals surface area (Å²) in [5.74, 6) is -0.277. The Morgan fingerprint density at radius 3 is 2.39 bits per heavy atom. The molecule has 1 heterocycles. The van der Waals surface area contributed by atoms with Gasteiger partial charge in [0.1, 0.15) is 17.1 Å². The van der Waals surface area contributed by atoms with E-state index < -0.39 is 17.8 Å². The first kappa shape index (κ1) is 22.1. The lowest BCUT2D eigenvalue weighted by Gasteiger charge is -2.26. The first-order valence-electron chi connectivity index (χ1n) is 10.8. The molecule has 1 fully saturated rings.